The summed E-state index contributed by atoms with van der Waals surface area (Å²) in [5, 5.41) is 40.2. The summed E-state index contributed by atoms with van der Waals surface area (Å²) in [6, 6.07) is 33.0. The maximum atomic E-state index is 12.0. The van der Waals surface area contributed by atoms with Gasteiger partial charge >= 0.3 is 50.7 Å². The Balaban J connectivity index is 0.00000116. The van der Waals surface area contributed by atoms with E-state index in [1.54, 1.807) is 125 Å². The Morgan fingerprint density at radius 2 is 0.729 bits per heavy atom. The first-order valence-electron chi connectivity index (χ1n) is 15.4. The van der Waals surface area contributed by atoms with Gasteiger partial charge in [-0.2, -0.15) is 0 Å². The van der Waals surface area contributed by atoms with E-state index < -0.39 is 40.5 Å². The van der Waals surface area contributed by atoms with Crippen molar-refractivity contribution in [3.8, 4) is 0 Å². The molecule has 4 aromatic rings. The molecule has 0 aliphatic rings. The minimum absolute atomic E-state index is 0. The number of aliphatic hydroxyl groups is 4. The smallest absolute Gasteiger partial charge is 0.0973 e. The van der Waals surface area contributed by atoms with Crippen molar-refractivity contribution < 1.29 is 62.9 Å². The van der Waals surface area contributed by atoms with Gasteiger partial charge < -0.3 is 31.9 Å². The van der Waals surface area contributed by atoms with E-state index in [0.29, 0.717) is 22.3 Å². The van der Waals surface area contributed by atoms with E-state index in [-0.39, 0.29) is 39.5 Å². The Bertz CT molecular complexity index is 1270. The molecule has 6 N–H and O–H groups in total. The number of aliphatic hydroxyl groups excluding tert-OH is 2. The van der Waals surface area contributed by atoms with Gasteiger partial charge in [0.1, 0.15) is 0 Å². The molecular formula is C38H51N3O5OsTi. The second kappa shape index (κ2) is 22.3. The summed E-state index contributed by atoms with van der Waals surface area (Å²) in [6.07, 6.45) is -0.333. The minimum atomic E-state index is -1.80. The zero-order valence-electron chi connectivity index (χ0n) is 28.9. The quantitative estimate of drug-likeness (QED) is 0.139. The molecule has 0 unspecified atom stereocenters. The van der Waals surface area contributed by atoms with Gasteiger partial charge in [-0.15, -0.1) is 12.1 Å². The van der Waals surface area contributed by atoms with E-state index in [1.165, 1.54) is 0 Å². The number of nitrogens with zero attached hydrogens (tertiary/aromatic N) is 1. The second-order valence-electron chi connectivity index (χ2n) is 12.5. The molecule has 0 fully saturated rings. The Labute approximate surface area is 309 Å². The number of hydrogen-bond donors (Lipinski definition) is 4. The molecule has 48 heavy (non-hydrogen) atoms. The molecule has 4 aromatic carbocycles. The van der Waals surface area contributed by atoms with Crippen molar-refractivity contribution >= 4 is 0 Å². The monoisotopic (exact) mass is 869 g/mol. The molecule has 10 heteroatoms. The molecule has 260 valence electrons. The fourth-order valence-electron chi connectivity index (χ4n) is 4.40. The first-order chi connectivity index (χ1) is 22.0. The van der Waals surface area contributed by atoms with E-state index in [0.717, 1.165) is 0 Å². The molecule has 0 amide bonds. The van der Waals surface area contributed by atoms with Gasteiger partial charge in [0.15, 0.2) is 0 Å². The van der Waals surface area contributed by atoms with E-state index >= 15 is 0 Å². The topological polar surface area (TPSA) is 158 Å². The van der Waals surface area contributed by atoms with E-state index in [1.807, 2.05) is 45.0 Å². The van der Waals surface area contributed by atoms with E-state index in [2.05, 4.69) is 3.65 Å². The van der Waals surface area contributed by atoms with Crippen LogP contribution in [0, 0.1) is 0 Å². The predicted octanol–water partition coefficient (Wildman–Crippen LogP) is 7.87. The maximum absolute atomic E-state index is 12.0. The van der Waals surface area contributed by atoms with Crippen LogP contribution >= 0.6 is 0 Å². The zero-order chi connectivity index (χ0) is 35.7. The van der Waals surface area contributed by atoms with Gasteiger partial charge in [0.25, 0.3) is 0 Å². The van der Waals surface area contributed by atoms with Crippen LogP contribution in [0.15, 0.2) is 125 Å². The summed E-state index contributed by atoms with van der Waals surface area (Å²) >= 11 is -1.32. The van der Waals surface area contributed by atoms with Crippen molar-refractivity contribution in [1.29, 1.82) is 0 Å². The SMILES string of the molecule is CC(C)(C)[N]=[Os+2]=[O].CC(C)O.CC(C)O.[NH-][C@H]([C@@H]([NH-])C(O)(c1ccccc1)c1ccccc1)C(O)(c1ccccc1)c1ccccc1.[Ti]. The van der Waals surface area contributed by atoms with E-state index in [4.69, 9.17) is 21.7 Å². The van der Waals surface area contributed by atoms with Crippen molar-refractivity contribution in [3.05, 3.63) is 155 Å². The van der Waals surface area contributed by atoms with Crippen LogP contribution in [0.25, 0.3) is 11.5 Å². The van der Waals surface area contributed by atoms with E-state index in [9.17, 15) is 13.8 Å². The Kier molecular flexibility index (Phi) is 21.2. The Morgan fingerprint density at radius 3 is 0.854 bits per heavy atom. The first-order valence-corrected chi connectivity index (χ1v) is 17.6. The molecule has 8 nitrogen and oxygen atoms in total. The third kappa shape index (κ3) is 14.6. The summed E-state index contributed by atoms with van der Waals surface area (Å²) in [5.41, 5.74) is 16.7. The number of hydrogen-bond acceptors (Lipinski definition) is 6. The molecule has 0 bridgehead atoms. The van der Waals surface area contributed by atoms with Crippen molar-refractivity contribution in [2.45, 2.75) is 89.5 Å². The molecule has 0 aliphatic heterocycles. The van der Waals surface area contributed by atoms with Crippen LogP contribution in [0.3, 0.4) is 0 Å². The van der Waals surface area contributed by atoms with Gasteiger partial charge in [-0.05, 0) is 49.9 Å². The molecule has 0 radical (unpaired) electrons. The Morgan fingerprint density at radius 1 is 0.542 bits per heavy atom. The Hall–Kier alpha value is -2.41. The summed E-state index contributed by atoms with van der Waals surface area (Å²) in [5.74, 6) is 0. The van der Waals surface area contributed by atoms with Crippen molar-refractivity contribution in [3.63, 3.8) is 0 Å². The molecule has 0 spiro atoms. The summed E-state index contributed by atoms with van der Waals surface area (Å²) in [7, 11) is 0. The number of rotatable bonds is 7. The van der Waals surface area contributed by atoms with Crippen LogP contribution in [0.1, 0.15) is 70.7 Å². The molecule has 0 aromatic heterocycles. The minimum Gasteiger partial charge on any atom is -0.673 e. The summed E-state index contributed by atoms with van der Waals surface area (Å²) < 4.78 is 13.8. The van der Waals surface area contributed by atoms with Gasteiger partial charge in [0, 0.05) is 33.9 Å². The average molecular weight is 868 g/mol. The molecule has 0 aliphatic carbocycles. The maximum Gasteiger partial charge on any atom is 0.0973 e. The normalized spacial score (nSPS) is 12.4. The van der Waals surface area contributed by atoms with Crippen LogP contribution in [0.5, 0.6) is 0 Å². The summed E-state index contributed by atoms with van der Waals surface area (Å²) in [4.78, 5) is 0. The number of benzene rings is 4. The molecular weight excluding hydrogens is 817 g/mol. The van der Waals surface area contributed by atoms with Crippen molar-refractivity contribution in [1.82, 2.24) is 0 Å². The predicted molar refractivity (Wildman–Crippen MR) is 186 cm³/mol. The van der Waals surface area contributed by atoms with Crippen LogP contribution in [0.2, 0.25) is 0 Å². The average Bonchev–Trinajstić information content (AvgIpc) is 3.04. The van der Waals surface area contributed by atoms with Gasteiger partial charge in [-0.1, -0.05) is 121 Å². The van der Waals surface area contributed by atoms with Gasteiger partial charge in [-0.25, -0.2) is 0 Å². The van der Waals surface area contributed by atoms with Crippen LogP contribution < -0.4 is 0 Å². The van der Waals surface area contributed by atoms with Gasteiger partial charge in [-0.3, -0.25) is 0 Å². The second-order valence-corrected chi connectivity index (χ2v) is 13.5. The molecule has 0 heterocycles. The molecule has 0 saturated carbocycles. The zero-order valence-corrected chi connectivity index (χ0v) is 33.0. The van der Waals surface area contributed by atoms with Crippen LogP contribution in [-0.4, -0.2) is 50.3 Å². The molecule has 4 rings (SSSR count). The van der Waals surface area contributed by atoms with Crippen LogP contribution in [0.4, 0.5) is 0 Å². The standard InChI is InChI=1S/C28H26N2O2.C4H9N.2C3H8O.O.Os.Ti/c29-25(27(31,21-13-5-1-6-14-21)22-15-7-2-8-16-22)26(30)28(32,23-17-9-3-10-18-23)24-19-11-4-12-20-24;1-4(2,3)5;2*1-3(2)4;;;/h1-20,25-26,29-32H;1-3H3;2*3-4H,1-2H3;;;/q-2;;;;;+2;/t25-,26-;;;;;;/m1....../s1. The van der Waals surface area contributed by atoms with Crippen LogP contribution in [-0.2, 0) is 53.6 Å². The van der Waals surface area contributed by atoms with Gasteiger partial charge in [0.2, 0.25) is 0 Å². The fraction of sp³-hybridized carbons (Fsp3) is 0.368. The summed E-state index contributed by atoms with van der Waals surface area (Å²) in [6.45, 7) is 12.7. The first kappa shape index (κ1) is 45.6. The largest absolute Gasteiger partial charge is 0.673 e. The third-order valence-corrected chi connectivity index (χ3v) is 8.29. The van der Waals surface area contributed by atoms with Crippen molar-refractivity contribution in [2.24, 2.45) is 3.65 Å². The molecule has 0 saturated heterocycles. The number of nitrogens with one attached hydrogen (secondary N) is 2. The third-order valence-electron chi connectivity index (χ3n) is 6.36. The fourth-order valence-corrected chi connectivity index (χ4v) is 5.10. The van der Waals surface area contributed by atoms with Gasteiger partial charge in [0.05, 0.1) is 11.2 Å². The molecule has 2 atom stereocenters. The van der Waals surface area contributed by atoms with Crippen molar-refractivity contribution in [2.75, 3.05) is 0 Å².